The van der Waals surface area contributed by atoms with Gasteiger partial charge in [0.25, 0.3) is 0 Å². The van der Waals surface area contributed by atoms with Crippen molar-refractivity contribution in [2.75, 3.05) is 20.2 Å². The topological polar surface area (TPSA) is 49.8 Å². The van der Waals surface area contributed by atoms with Gasteiger partial charge in [-0.05, 0) is 27.8 Å². The molecule has 0 aliphatic carbocycles. The first-order valence-corrected chi connectivity index (χ1v) is 4.97. The van der Waals surface area contributed by atoms with Gasteiger partial charge in [-0.2, -0.15) is 0 Å². The van der Waals surface area contributed by atoms with Crippen molar-refractivity contribution >= 4 is 5.97 Å². The SMILES string of the molecule is CC(C)OCCN(C)C(C)CC(=O)O. The minimum Gasteiger partial charge on any atom is -0.481 e. The molecule has 14 heavy (non-hydrogen) atoms. The zero-order chi connectivity index (χ0) is 11.1. The Kier molecular flexibility index (Phi) is 6.49. The first kappa shape index (κ1) is 13.4. The highest BCUT2D eigenvalue weighted by Gasteiger charge is 2.12. The highest BCUT2D eigenvalue weighted by atomic mass is 16.5. The summed E-state index contributed by atoms with van der Waals surface area (Å²) < 4.78 is 5.38. The lowest BCUT2D eigenvalue weighted by atomic mass is 10.2. The van der Waals surface area contributed by atoms with Crippen LogP contribution in [0, 0.1) is 0 Å². The van der Waals surface area contributed by atoms with E-state index in [9.17, 15) is 4.79 Å². The predicted molar refractivity (Wildman–Crippen MR) is 55.4 cm³/mol. The van der Waals surface area contributed by atoms with Gasteiger partial charge in [-0.1, -0.05) is 0 Å². The molecule has 0 aromatic heterocycles. The summed E-state index contributed by atoms with van der Waals surface area (Å²) in [4.78, 5) is 12.4. The van der Waals surface area contributed by atoms with E-state index in [1.807, 2.05) is 32.7 Å². The van der Waals surface area contributed by atoms with Crippen LogP contribution in [-0.2, 0) is 9.53 Å². The van der Waals surface area contributed by atoms with Gasteiger partial charge in [-0.15, -0.1) is 0 Å². The largest absolute Gasteiger partial charge is 0.481 e. The van der Waals surface area contributed by atoms with E-state index in [0.29, 0.717) is 6.61 Å². The Morgan fingerprint density at radius 2 is 2.00 bits per heavy atom. The number of rotatable bonds is 7. The van der Waals surface area contributed by atoms with Crippen molar-refractivity contribution in [3.63, 3.8) is 0 Å². The number of aliphatic carboxylic acids is 1. The molecule has 0 aliphatic rings. The fourth-order valence-electron chi connectivity index (χ4n) is 1.06. The molecule has 1 N–H and O–H groups in total. The Labute approximate surface area is 85.9 Å². The van der Waals surface area contributed by atoms with Crippen LogP contribution < -0.4 is 0 Å². The van der Waals surface area contributed by atoms with Gasteiger partial charge < -0.3 is 14.7 Å². The van der Waals surface area contributed by atoms with Gasteiger partial charge in [-0.3, -0.25) is 4.79 Å². The Morgan fingerprint density at radius 3 is 2.43 bits per heavy atom. The molecule has 0 aromatic rings. The van der Waals surface area contributed by atoms with Crippen molar-refractivity contribution in [2.45, 2.75) is 39.3 Å². The molecule has 1 unspecified atom stereocenters. The summed E-state index contributed by atoms with van der Waals surface area (Å²) in [5.41, 5.74) is 0. The van der Waals surface area contributed by atoms with E-state index in [1.54, 1.807) is 0 Å². The predicted octanol–water partition coefficient (Wildman–Crippen LogP) is 1.21. The van der Waals surface area contributed by atoms with Gasteiger partial charge in [0.1, 0.15) is 0 Å². The van der Waals surface area contributed by atoms with E-state index in [2.05, 4.69) is 0 Å². The number of nitrogens with zero attached hydrogens (tertiary/aromatic N) is 1. The lowest BCUT2D eigenvalue weighted by Crippen LogP contribution is -2.34. The molecule has 0 aromatic carbocycles. The van der Waals surface area contributed by atoms with E-state index in [-0.39, 0.29) is 18.6 Å². The van der Waals surface area contributed by atoms with Crippen LogP contribution in [0.1, 0.15) is 27.2 Å². The van der Waals surface area contributed by atoms with E-state index in [4.69, 9.17) is 9.84 Å². The Balaban J connectivity index is 3.61. The molecule has 0 saturated heterocycles. The number of carboxylic acids is 1. The first-order chi connectivity index (χ1) is 6.43. The molecule has 1 atom stereocenters. The van der Waals surface area contributed by atoms with Crippen LogP contribution in [-0.4, -0.2) is 48.3 Å². The third-order valence-electron chi connectivity index (χ3n) is 2.12. The normalized spacial score (nSPS) is 13.6. The number of carboxylic acid groups (broad SMARTS) is 1. The second-order valence-corrected chi connectivity index (χ2v) is 3.85. The zero-order valence-electron chi connectivity index (χ0n) is 9.49. The lowest BCUT2D eigenvalue weighted by Gasteiger charge is -2.23. The van der Waals surface area contributed by atoms with E-state index < -0.39 is 5.97 Å². The second kappa shape index (κ2) is 6.79. The van der Waals surface area contributed by atoms with Crippen LogP contribution in [0.25, 0.3) is 0 Å². The summed E-state index contributed by atoms with van der Waals surface area (Å²) in [6, 6.07) is 0.0586. The second-order valence-electron chi connectivity index (χ2n) is 3.85. The maximum absolute atomic E-state index is 10.4. The van der Waals surface area contributed by atoms with E-state index in [0.717, 1.165) is 6.54 Å². The third kappa shape index (κ3) is 6.86. The van der Waals surface area contributed by atoms with Crippen LogP contribution in [0.5, 0.6) is 0 Å². The molecule has 0 radical (unpaired) electrons. The molecule has 0 saturated carbocycles. The van der Waals surface area contributed by atoms with Crippen LogP contribution in [0.3, 0.4) is 0 Å². The van der Waals surface area contributed by atoms with Crippen molar-refractivity contribution in [1.82, 2.24) is 4.90 Å². The number of hydrogen-bond donors (Lipinski definition) is 1. The molecule has 0 bridgehead atoms. The fourth-order valence-corrected chi connectivity index (χ4v) is 1.06. The van der Waals surface area contributed by atoms with Crippen molar-refractivity contribution in [3.05, 3.63) is 0 Å². The van der Waals surface area contributed by atoms with Gasteiger partial charge in [0.05, 0.1) is 19.1 Å². The van der Waals surface area contributed by atoms with Crippen molar-refractivity contribution in [2.24, 2.45) is 0 Å². The maximum Gasteiger partial charge on any atom is 0.304 e. The smallest absolute Gasteiger partial charge is 0.304 e. The summed E-state index contributed by atoms with van der Waals surface area (Å²) in [6.07, 6.45) is 0.413. The van der Waals surface area contributed by atoms with Crippen molar-refractivity contribution in [1.29, 1.82) is 0 Å². The van der Waals surface area contributed by atoms with Gasteiger partial charge in [0.15, 0.2) is 0 Å². The third-order valence-corrected chi connectivity index (χ3v) is 2.12. The minimum atomic E-state index is -0.755. The number of ether oxygens (including phenoxy) is 1. The minimum absolute atomic E-state index is 0.0586. The Hall–Kier alpha value is -0.610. The number of carbonyl (C=O) groups is 1. The van der Waals surface area contributed by atoms with Crippen LogP contribution in [0.15, 0.2) is 0 Å². The average molecular weight is 203 g/mol. The summed E-state index contributed by atoms with van der Waals surface area (Å²) in [6.45, 7) is 7.30. The molecule has 0 rings (SSSR count). The Morgan fingerprint density at radius 1 is 1.43 bits per heavy atom. The average Bonchev–Trinajstić information content (AvgIpc) is 2.01. The van der Waals surface area contributed by atoms with E-state index >= 15 is 0 Å². The Bertz CT molecular complexity index is 171. The van der Waals surface area contributed by atoms with Crippen molar-refractivity contribution < 1.29 is 14.6 Å². The highest BCUT2D eigenvalue weighted by molar-refractivity contribution is 5.67. The zero-order valence-corrected chi connectivity index (χ0v) is 9.49. The monoisotopic (exact) mass is 203 g/mol. The van der Waals surface area contributed by atoms with E-state index in [1.165, 1.54) is 0 Å². The quantitative estimate of drug-likeness (QED) is 0.675. The molecular weight excluding hydrogens is 182 g/mol. The molecule has 0 amide bonds. The highest BCUT2D eigenvalue weighted by Crippen LogP contribution is 2.00. The summed E-state index contributed by atoms with van der Waals surface area (Å²) in [5.74, 6) is -0.755. The van der Waals surface area contributed by atoms with Gasteiger partial charge >= 0.3 is 5.97 Å². The standard InChI is InChI=1S/C10H21NO3/c1-8(2)14-6-5-11(4)9(3)7-10(12)13/h8-9H,5-7H2,1-4H3,(H,12,13). The molecule has 0 heterocycles. The maximum atomic E-state index is 10.4. The summed E-state index contributed by atoms with van der Waals surface area (Å²) in [7, 11) is 1.91. The number of hydrogen-bond acceptors (Lipinski definition) is 3. The molecule has 0 fully saturated rings. The van der Waals surface area contributed by atoms with Gasteiger partial charge in [0, 0.05) is 12.6 Å². The summed E-state index contributed by atoms with van der Waals surface area (Å²) >= 11 is 0. The van der Waals surface area contributed by atoms with Crippen LogP contribution >= 0.6 is 0 Å². The lowest BCUT2D eigenvalue weighted by molar-refractivity contribution is -0.138. The van der Waals surface area contributed by atoms with Crippen LogP contribution in [0.4, 0.5) is 0 Å². The number of likely N-dealkylation sites (N-methyl/N-ethyl adjacent to an activating group) is 1. The molecule has 0 spiro atoms. The molecule has 84 valence electrons. The first-order valence-electron chi connectivity index (χ1n) is 4.97. The van der Waals surface area contributed by atoms with Gasteiger partial charge in [-0.25, -0.2) is 0 Å². The molecule has 4 heteroatoms. The van der Waals surface area contributed by atoms with Gasteiger partial charge in [0.2, 0.25) is 0 Å². The fraction of sp³-hybridized carbons (Fsp3) is 0.900. The molecule has 4 nitrogen and oxygen atoms in total. The molecular formula is C10H21NO3. The molecule has 0 aliphatic heterocycles. The van der Waals surface area contributed by atoms with Crippen LogP contribution in [0.2, 0.25) is 0 Å². The summed E-state index contributed by atoms with van der Waals surface area (Å²) in [5, 5.41) is 8.59. The van der Waals surface area contributed by atoms with Crippen molar-refractivity contribution in [3.8, 4) is 0 Å².